The van der Waals surface area contributed by atoms with E-state index in [0.717, 1.165) is 5.56 Å². The number of rotatable bonds is 11. The molecule has 3 rings (SSSR count). The fourth-order valence-electron chi connectivity index (χ4n) is 2.72. The van der Waals surface area contributed by atoms with Gasteiger partial charge in [0.15, 0.2) is 11.5 Å². The zero-order valence-corrected chi connectivity index (χ0v) is 18.0. The second kappa shape index (κ2) is 11.8. The lowest BCUT2D eigenvalue weighted by Gasteiger charge is -2.12. The van der Waals surface area contributed by atoms with E-state index in [2.05, 4.69) is 26.0 Å². The number of aromatic amines is 2. The molecule has 0 bridgehead atoms. The number of benzene rings is 2. The van der Waals surface area contributed by atoms with Crippen LogP contribution in [0.3, 0.4) is 0 Å². The minimum atomic E-state index is -0.707. The number of amides is 1. The third kappa shape index (κ3) is 7.35. The van der Waals surface area contributed by atoms with Crippen molar-refractivity contribution in [3.63, 3.8) is 0 Å². The largest absolute Gasteiger partial charge is 0.490 e. The van der Waals surface area contributed by atoms with Gasteiger partial charge < -0.3 is 14.8 Å². The number of anilines is 1. The van der Waals surface area contributed by atoms with Crippen molar-refractivity contribution < 1.29 is 14.3 Å². The number of ether oxygens (including phenoxy) is 2. The van der Waals surface area contributed by atoms with E-state index in [9.17, 15) is 14.4 Å². The van der Waals surface area contributed by atoms with Gasteiger partial charge in [-0.1, -0.05) is 30.3 Å². The molecule has 0 unspecified atom stereocenters. The van der Waals surface area contributed by atoms with Crippen LogP contribution in [0.15, 0.2) is 63.2 Å². The van der Waals surface area contributed by atoms with Gasteiger partial charge in [0.05, 0.1) is 12.8 Å². The average Bonchev–Trinajstić information content (AvgIpc) is 2.81. The smallest absolute Gasteiger partial charge is 0.342 e. The van der Waals surface area contributed by atoms with Gasteiger partial charge in [0.2, 0.25) is 11.7 Å². The molecular weight excluding hydrogens is 428 g/mol. The summed E-state index contributed by atoms with van der Waals surface area (Å²) in [5.41, 5.74) is 2.79. The van der Waals surface area contributed by atoms with E-state index in [1.54, 1.807) is 18.2 Å². The molecule has 2 aromatic carbocycles. The summed E-state index contributed by atoms with van der Waals surface area (Å²) in [7, 11) is 0. The first-order valence-corrected chi connectivity index (χ1v) is 10.2. The number of hydrogen-bond acceptors (Lipinski definition) is 8. The van der Waals surface area contributed by atoms with Gasteiger partial charge in [-0.15, -0.1) is 5.10 Å². The van der Waals surface area contributed by atoms with Crippen molar-refractivity contribution in [2.45, 2.75) is 20.0 Å². The zero-order chi connectivity index (χ0) is 23.5. The Kier molecular flexibility index (Phi) is 8.34. The van der Waals surface area contributed by atoms with Gasteiger partial charge >= 0.3 is 5.69 Å². The topological polar surface area (TPSA) is 151 Å². The second-order valence-corrected chi connectivity index (χ2v) is 6.74. The van der Waals surface area contributed by atoms with Gasteiger partial charge in [0, 0.05) is 13.0 Å². The van der Waals surface area contributed by atoms with Gasteiger partial charge in [-0.3, -0.25) is 14.6 Å². The highest BCUT2D eigenvalue weighted by atomic mass is 16.5. The van der Waals surface area contributed by atoms with Crippen molar-refractivity contribution in [1.82, 2.24) is 20.6 Å². The number of hydrazone groups is 1. The average molecular weight is 452 g/mol. The van der Waals surface area contributed by atoms with Crippen molar-refractivity contribution in [2.24, 2.45) is 5.10 Å². The van der Waals surface area contributed by atoms with E-state index in [4.69, 9.17) is 9.47 Å². The van der Waals surface area contributed by atoms with E-state index in [1.807, 2.05) is 42.2 Å². The van der Waals surface area contributed by atoms with Crippen molar-refractivity contribution in [1.29, 1.82) is 0 Å². The number of hydrogen-bond donors (Lipinski definition) is 4. The first-order chi connectivity index (χ1) is 16.0. The molecule has 11 heteroatoms. The minimum Gasteiger partial charge on any atom is -0.490 e. The molecular formula is C22H24N6O5. The Balaban J connectivity index is 1.50. The van der Waals surface area contributed by atoms with Crippen LogP contribution in [-0.2, 0) is 11.4 Å². The third-order valence-corrected chi connectivity index (χ3v) is 4.26. The molecule has 0 aliphatic rings. The van der Waals surface area contributed by atoms with E-state index in [1.165, 1.54) is 6.21 Å². The standard InChI is InChI=1S/C22H24N6O5/c1-2-32-18-12-16(8-9-17(18)33-14-15-6-4-3-5-7-15)13-24-26-19(29)10-11-23-20-21(30)25-22(31)28-27-20/h3-9,12-13H,2,10-11,14H2,1H3,(H,23,27)(H,26,29)(H2,25,28,30,31)/b24-13+. The number of nitrogens with one attached hydrogen (secondary N) is 4. The van der Waals surface area contributed by atoms with Crippen LogP contribution < -0.4 is 31.5 Å². The Morgan fingerprint density at radius 2 is 1.94 bits per heavy atom. The molecule has 1 amide bonds. The summed E-state index contributed by atoms with van der Waals surface area (Å²) < 4.78 is 11.5. The maximum Gasteiger partial charge on any atom is 0.342 e. The van der Waals surface area contributed by atoms with Crippen molar-refractivity contribution >= 4 is 17.9 Å². The predicted molar refractivity (Wildman–Crippen MR) is 123 cm³/mol. The third-order valence-electron chi connectivity index (χ3n) is 4.26. The van der Waals surface area contributed by atoms with Crippen LogP contribution >= 0.6 is 0 Å². The lowest BCUT2D eigenvalue weighted by molar-refractivity contribution is -0.120. The van der Waals surface area contributed by atoms with Crippen LogP contribution in [0.4, 0.5) is 5.82 Å². The summed E-state index contributed by atoms with van der Waals surface area (Å²) in [6.45, 7) is 2.90. The SMILES string of the molecule is CCOc1cc(/C=N/NC(=O)CCNc2n[nH]c(=O)[nH]c2=O)ccc1OCc1ccccc1. The van der Waals surface area contributed by atoms with Gasteiger partial charge in [0.25, 0.3) is 5.56 Å². The molecule has 0 atom stereocenters. The Hall–Kier alpha value is -4.41. The summed E-state index contributed by atoms with van der Waals surface area (Å²) in [6, 6.07) is 15.2. The van der Waals surface area contributed by atoms with Gasteiger partial charge in [-0.25, -0.2) is 15.3 Å². The van der Waals surface area contributed by atoms with Gasteiger partial charge in [0.1, 0.15) is 6.61 Å². The van der Waals surface area contributed by atoms with Crippen molar-refractivity contribution in [3.05, 3.63) is 80.5 Å². The Bertz CT molecular complexity index is 1210. The van der Waals surface area contributed by atoms with Crippen LogP contribution in [0.1, 0.15) is 24.5 Å². The zero-order valence-electron chi connectivity index (χ0n) is 18.0. The van der Waals surface area contributed by atoms with Crippen LogP contribution in [0.5, 0.6) is 11.5 Å². The Morgan fingerprint density at radius 3 is 2.70 bits per heavy atom. The summed E-state index contributed by atoms with van der Waals surface area (Å²) in [6.07, 6.45) is 1.52. The highest BCUT2D eigenvalue weighted by molar-refractivity contribution is 5.83. The molecule has 11 nitrogen and oxygen atoms in total. The maximum absolute atomic E-state index is 11.9. The second-order valence-electron chi connectivity index (χ2n) is 6.74. The summed E-state index contributed by atoms with van der Waals surface area (Å²) >= 11 is 0. The van der Waals surface area contributed by atoms with Gasteiger partial charge in [-0.05, 0) is 36.2 Å². The molecule has 172 valence electrons. The molecule has 3 aromatic rings. The number of nitrogens with zero attached hydrogens (tertiary/aromatic N) is 2. The monoisotopic (exact) mass is 452 g/mol. The number of aromatic nitrogens is 3. The number of H-pyrrole nitrogens is 2. The molecule has 0 radical (unpaired) electrons. The van der Waals surface area contributed by atoms with Crippen LogP contribution in [-0.4, -0.2) is 40.5 Å². The Morgan fingerprint density at radius 1 is 1.12 bits per heavy atom. The van der Waals surface area contributed by atoms with Crippen LogP contribution in [0.25, 0.3) is 0 Å². The minimum absolute atomic E-state index is 0.0358. The van der Waals surface area contributed by atoms with E-state index >= 15 is 0 Å². The molecule has 0 saturated heterocycles. The molecule has 0 aliphatic heterocycles. The molecule has 4 N–H and O–H groups in total. The molecule has 33 heavy (non-hydrogen) atoms. The van der Waals surface area contributed by atoms with Crippen LogP contribution in [0.2, 0.25) is 0 Å². The molecule has 0 spiro atoms. The van der Waals surface area contributed by atoms with E-state index < -0.39 is 11.2 Å². The summed E-state index contributed by atoms with van der Waals surface area (Å²) in [4.78, 5) is 36.4. The highest BCUT2D eigenvalue weighted by Gasteiger charge is 2.07. The lowest BCUT2D eigenvalue weighted by atomic mass is 10.2. The predicted octanol–water partition coefficient (Wildman–Crippen LogP) is 1.39. The summed E-state index contributed by atoms with van der Waals surface area (Å²) in [5.74, 6) is 0.738. The number of carbonyl (C=O) groups excluding carboxylic acids is 1. The quantitative estimate of drug-likeness (QED) is 0.253. The fraction of sp³-hybridized carbons (Fsp3) is 0.227. The molecule has 1 aromatic heterocycles. The fourth-order valence-corrected chi connectivity index (χ4v) is 2.72. The maximum atomic E-state index is 11.9. The molecule has 0 aliphatic carbocycles. The summed E-state index contributed by atoms with van der Waals surface area (Å²) in [5, 5.41) is 12.3. The van der Waals surface area contributed by atoms with Crippen molar-refractivity contribution in [3.8, 4) is 11.5 Å². The first kappa shape index (κ1) is 23.3. The normalized spacial score (nSPS) is 10.7. The lowest BCUT2D eigenvalue weighted by Crippen LogP contribution is -2.28. The molecule has 0 saturated carbocycles. The van der Waals surface area contributed by atoms with Gasteiger partial charge in [-0.2, -0.15) is 5.10 Å². The number of carbonyl (C=O) groups is 1. The van der Waals surface area contributed by atoms with E-state index in [-0.39, 0.29) is 24.7 Å². The molecule has 0 fully saturated rings. The van der Waals surface area contributed by atoms with Crippen LogP contribution in [0, 0.1) is 0 Å². The molecule has 1 heterocycles. The van der Waals surface area contributed by atoms with E-state index in [0.29, 0.717) is 30.3 Å². The highest BCUT2D eigenvalue weighted by Crippen LogP contribution is 2.28. The van der Waals surface area contributed by atoms with Crippen molar-refractivity contribution in [2.75, 3.05) is 18.5 Å². The first-order valence-electron chi connectivity index (χ1n) is 10.2. The Labute approximate surface area is 188 Å².